The number of pyridine rings is 1. The van der Waals surface area contributed by atoms with Crippen LogP contribution in [-0.4, -0.2) is 43.9 Å². The molecule has 0 aliphatic rings. The molecule has 1 aromatic carbocycles. The lowest BCUT2D eigenvalue weighted by molar-refractivity contribution is -0.139. The molecule has 0 spiro atoms. The van der Waals surface area contributed by atoms with Crippen LogP contribution in [0.25, 0.3) is 0 Å². The Morgan fingerprint density at radius 2 is 1.88 bits per heavy atom. The van der Waals surface area contributed by atoms with Gasteiger partial charge in [0.1, 0.15) is 11.9 Å². The molecule has 0 unspecified atom stereocenters. The minimum atomic E-state index is -1.31. The number of nitrogens with zero attached hydrogens (tertiary/aromatic N) is 2. The van der Waals surface area contributed by atoms with E-state index in [4.69, 9.17) is 11.5 Å². The minimum absolute atomic E-state index is 0.0140. The van der Waals surface area contributed by atoms with E-state index >= 15 is 0 Å². The summed E-state index contributed by atoms with van der Waals surface area (Å²) < 4.78 is 14.5. The number of hydrogen-bond acceptors (Lipinski definition) is 8. The minimum Gasteiger partial charge on any atom is -0.480 e. The number of nitrogens with one attached hydrogen (secondary N) is 3. The average Bonchev–Trinajstić information content (AvgIpc) is 2.76. The number of H-pyrrole nitrogens is 1. The van der Waals surface area contributed by atoms with Crippen LogP contribution in [-0.2, 0) is 22.4 Å². The molecule has 2 amide bonds. The molecule has 0 bridgehead atoms. The zero-order chi connectivity index (χ0) is 24.8. The number of aromatic nitrogens is 3. The van der Waals surface area contributed by atoms with E-state index < -0.39 is 47.3 Å². The number of carbonyl (C=O) groups is 3. The topological polar surface area (TPSA) is 206 Å². The number of rotatable bonds is 8. The van der Waals surface area contributed by atoms with Crippen LogP contribution in [0, 0.1) is 5.82 Å². The zero-order valence-corrected chi connectivity index (χ0v) is 17.5. The van der Waals surface area contributed by atoms with Crippen molar-refractivity contribution in [2.45, 2.75) is 18.9 Å². The number of nitrogens with two attached hydrogens (primary N) is 2. The molecule has 34 heavy (non-hydrogen) atoms. The SMILES string of the molecule is Nc1nc(N)c(CC(=O)Nc2cnc(C(=O)N[C@@H](Cc3ccccc3)C(=O)O)c(F)c2)c(=O)[nH]1. The highest BCUT2D eigenvalue weighted by atomic mass is 19.1. The number of aromatic amines is 1. The van der Waals surface area contributed by atoms with E-state index in [0.717, 1.165) is 12.3 Å². The van der Waals surface area contributed by atoms with Gasteiger partial charge in [-0.2, -0.15) is 4.98 Å². The molecule has 0 radical (unpaired) electrons. The van der Waals surface area contributed by atoms with E-state index in [2.05, 4.69) is 25.6 Å². The van der Waals surface area contributed by atoms with Gasteiger partial charge in [-0.3, -0.25) is 19.4 Å². The molecule has 12 nitrogen and oxygen atoms in total. The van der Waals surface area contributed by atoms with Gasteiger partial charge < -0.3 is 27.2 Å². The Morgan fingerprint density at radius 3 is 2.50 bits per heavy atom. The summed E-state index contributed by atoms with van der Waals surface area (Å²) in [5.41, 5.74) is 10.0. The first kappa shape index (κ1) is 23.8. The molecule has 0 aliphatic heterocycles. The molecule has 13 heteroatoms. The number of hydrogen-bond donors (Lipinski definition) is 6. The maximum absolute atomic E-state index is 14.5. The Bertz CT molecular complexity index is 1300. The first-order valence-electron chi connectivity index (χ1n) is 9.81. The normalized spacial score (nSPS) is 11.4. The second kappa shape index (κ2) is 10.2. The molecular formula is C21H20FN7O5. The number of halogens is 1. The summed E-state index contributed by atoms with van der Waals surface area (Å²) in [5, 5.41) is 14.0. The monoisotopic (exact) mass is 469 g/mol. The van der Waals surface area contributed by atoms with Crippen molar-refractivity contribution in [2.24, 2.45) is 0 Å². The van der Waals surface area contributed by atoms with E-state index in [1.807, 2.05) is 0 Å². The lowest BCUT2D eigenvalue weighted by Gasteiger charge is -2.15. The molecular weight excluding hydrogens is 449 g/mol. The third-order valence-corrected chi connectivity index (χ3v) is 4.63. The summed E-state index contributed by atoms with van der Waals surface area (Å²) in [6.07, 6.45) is 0.524. The van der Waals surface area contributed by atoms with Gasteiger partial charge in [0.15, 0.2) is 11.5 Å². The van der Waals surface area contributed by atoms with Crippen molar-refractivity contribution in [3.63, 3.8) is 0 Å². The van der Waals surface area contributed by atoms with Crippen molar-refractivity contribution in [2.75, 3.05) is 16.8 Å². The molecule has 3 rings (SSSR count). The van der Waals surface area contributed by atoms with Crippen LogP contribution in [0.1, 0.15) is 21.6 Å². The molecule has 8 N–H and O–H groups in total. The number of amides is 2. The molecule has 0 saturated heterocycles. The molecule has 2 heterocycles. The molecule has 0 saturated carbocycles. The predicted octanol–water partition coefficient (Wildman–Crippen LogP) is 0.0753. The Hall–Kier alpha value is -4.81. The maximum Gasteiger partial charge on any atom is 0.326 e. The number of carboxylic acid groups (broad SMARTS) is 1. The second-order valence-corrected chi connectivity index (χ2v) is 7.15. The summed E-state index contributed by atoms with van der Waals surface area (Å²) >= 11 is 0. The predicted molar refractivity (Wildman–Crippen MR) is 119 cm³/mol. The number of benzene rings is 1. The average molecular weight is 469 g/mol. The molecule has 0 aliphatic carbocycles. The molecule has 2 aromatic heterocycles. The standard InChI is InChI=1S/C21H20FN7O5/c22-13-7-11(26-15(30)8-12-17(23)28-21(24)29-18(12)31)9-25-16(13)19(32)27-14(20(33)34)6-10-4-2-1-3-5-10/h1-5,7,9,14H,6,8H2,(H,26,30)(H,27,32)(H,33,34)(H5,23,24,28,29,31)/t14-/m0/s1. The highest BCUT2D eigenvalue weighted by Gasteiger charge is 2.24. The first-order valence-corrected chi connectivity index (χ1v) is 9.81. The van der Waals surface area contributed by atoms with E-state index in [1.165, 1.54) is 0 Å². The highest BCUT2D eigenvalue weighted by molar-refractivity contribution is 5.96. The molecule has 3 aromatic rings. The van der Waals surface area contributed by atoms with Crippen LogP contribution < -0.4 is 27.7 Å². The maximum atomic E-state index is 14.5. The highest BCUT2D eigenvalue weighted by Crippen LogP contribution is 2.14. The molecule has 176 valence electrons. The summed E-state index contributed by atoms with van der Waals surface area (Å²) in [6, 6.07) is 8.11. The van der Waals surface area contributed by atoms with Gasteiger partial charge >= 0.3 is 5.97 Å². The summed E-state index contributed by atoms with van der Waals surface area (Å²) in [4.78, 5) is 57.6. The Kier molecular flexibility index (Phi) is 7.16. The number of carboxylic acids is 1. The van der Waals surface area contributed by atoms with Gasteiger partial charge in [-0.05, 0) is 5.56 Å². The second-order valence-electron chi connectivity index (χ2n) is 7.15. The van der Waals surface area contributed by atoms with Crippen LogP contribution in [0.3, 0.4) is 0 Å². The van der Waals surface area contributed by atoms with Crippen molar-refractivity contribution in [1.82, 2.24) is 20.3 Å². The van der Waals surface area contributed by atoms with Crippen LogP contribution in [0.2, 0.25) is 0 Å². The van der Waals surface area contributed by atoms with Gasteiger partial charge in [-0.1, -0.05) is 30.3 Å². The lowest BCUT2D eigenvalue weighted by Crippen LogP contribution is -2.42. The Labute approximate surface area is 191 Å². The third-order valence-electron chi connectivity index (χ3n) is 4.63. The van der Waals surface area contributed by atoms with Gasteiger partial charge in [0.2, 0.25) is 11.9 Å². The van der Waals surface area contributed by atoms with Crippen LogP contribution in [0.5, 0.6) is 0 Å². The van der Waals surface area contributed by atoms with Gasteiger partial charge in [0, 0.05) is 12.5 Å². The number of aliphatic carboxylic acids is 1. The Balaban J connectivity index is 1.68. The van der Waals surface area contributed by atoms with E-state index in [0.29, 0.717) is 5.56 Å². The number of nitrogen functional groups attached to an aromatic ring is 2. The largest absolute Gasteiger partial charge is 0.480 e. The van der Waals surface area contributed by atoms with Crippen LogP contribution >= 0.6 is 0 Å². The number of anilines is 3. The molecule has 1 atom stereocenters. The summed E-state index contributed by atoms with van der Waals surface area (Å²) in [5.74, 6) is -4.59. The van der Waals surface area contributed by atoms with Crippen LogP contribution in [0.4, 0.5) is 21.8 Å². The summed E-state index contributed by atoms with van der Waals surface area (Å²) in [6.45, 7) is 0. The van der Waals surface area contributed by atoms with Gasteiger partial charge in [-0.15, -0.1) is 0 Å². The van der Waals surface area contributed by atoms with Crippen molar-refractivity contribution >= 4 is 35.2 Å². The van der Waals surface area contributed by atoms with Crippen molar-refractivity contribution < 1.29 is 23.9 Å². The lowest BCUT2D eigenvalue weighted by atomic mass is 10.1. The first-order chi connectivity index (χ1) is 16.1. The van der Waals surface area contributed by atoms with E-state index in [1.54, 1.807) is 30.3 Å². The van der Waals surface area contributed by atoms with Gasteiger partial charge in [-0.25, -0.2) is 14.2 Å². The summed E-state index contributed by atoms with van der Waals surface area (Å²) in [7, 11) is 0. The van der Waals surface area contributed by atoms with Crippen molar-refractivity contribution in [3.8, 4) is 0 Å². The number of carbonyl (C=O) groups excluding carboxylic acids is 2. The quantitative estimate of drug-likeness (QED) is 0.264. The van der Waals surface area contributed by atoms with Gasteiger partial charge in [0.05, 0.1) is 23.9 Å². The molecule has 0 fully saturated rings. The fraction of sp³-hybridized carbons (Fsp3) is 0.143. The van der Waals surface area contributed by atoms with Gasteiger partial charge in [0.25, 0.3) is 11.5 Å². The fourth-order valence-electron chi connectivity index (χ4n) is 3.02. The fourth-order valence-corrected chi connectivity index (χ4v) is 3.02. The zero-order valence-electron chi connectivity index (χ0n) is 17.5. The third kappa shape index (κ3) is 5.91. The van der Waals surface area contributed by atoms with E-state index in [-0.39, 0.29) is 29.4 Å². The van der Waals surface area contributed by atoms with Crippen molar-refractivity contribution in [1.29, 1.82) is 0 Å². The smallest absolute Gasteiger partial charge is 0.326 e. The van der Waals surface area contributed by atoms with Crippen molar-refractivity contribution in [3.05, 3.63) is 75.6 Å². The van der Waals surface area contributed by atoms with E-state index in [9.17, 15) is 28.7 Å². The van der Waals surface area contributed by atoms with Crippen LogP contribution in [0.15, 0.2) is 47.4 Å². The Morgan fingerprint density at radius 1 is 1.18 bits per heavy atom.